The number of morpholine rings is 1. The number of aryl methyl sites for hydroxylation is 1. The predicted molar refractivity (Wildman–Crippen MR) is 126 cm³/mol. The Morgan fingerprint density at radius 3 is 2.81 bits per heavy atom. The molecule has 2 aromatic carbocycles. The topological polar surface area (TPSA) is 88.8 Å². The van der Waals surface area contributed by atoms with Crippen molar-refractivity contribution in [3.8, 4) is 0 Å². The van der Waals surface area contributed by atoms with Gasteiger partial charge in [-0.2, -0.15) is 0 Å². The zero-order valence-electron chi connectivity index (χ0n) is 17.6. The molecule has 1 amide bonds. The molecule has 0 saturated carbocycles. The number of hydrogen-bond acceptors (Lipinski definition) is 7. The zero-order valence-corrected chi connectivity index (χ0v) is 19.2. The molecule has 10 heteroatoms. The van der Waals surface area contributed by atoms with Gasteiger partial charge >= 0.3 is 0 Å². The van der Waals surface area contributed by atoms with Gasteiger partial charge in [0.15, 0.2) is 5.13 Å². The van der Waals surface area contributed by atoms with Crippen molar-refractivity contribution in [1.82, 2.24) is 9.88 Å². The number of nitro benzene ring substituents is 1. The fraction of sp³-hybridized carbons (Fsp3) is 0.364. The number of nitrogens with zero attached hydrogens (tertiary/aromatic N) is 4. The van der Waals surface area contributed by atoms with Gasteiger partial charge < -0.3 is 4.74 Å². The number of non-ortho nitro benzene ring substituents is 1. The molecular formula is C22H23ClN4O4S. The number of ether oxygens (including phenoxy) is 1. The Morgan fingerprint density at radius 2 is 2.09 bits per heavy atom. The van der Waals surface area contributed by atoms with Gasteiger partial charge in [-0.15, -0.1) is 0 Å². The third-order valence-corrected chi connectivity index (χ3v) is 6.86. The fourth-order valence-corrected chi connectivity index (χ4v) is 4.92. The second-order valence-corrected chi connectivity index (χ2v) is 8.86. The first-order valence-electron chi connectivity index (χ1n) is 10.4. The summed E-state index contributed by atoms with van der Waals surface area (Å²) in [6.45, 7) is 5.99. The number of carbonyl (C=O) groups excluding carboxylic acids is 1. The van der Waals surface area contributed by atoms with Crippen molar-refractivity contribution in [1.29, 1.82) is 0 Å². The molecule has 0 atom stereocenters. The van der Waals surface area contributed by atoms with E-state index in [0.717, 1.165) is 35.3 Å². The highest BCUT2D eigenvalue weighted by Gasteiger charge is 2.26. The third kappa shape index (κ3) is 4.75. The van der Waals surface area contributed by atoms with Crippen LogP contribution in [0.5, 0.6) is 0 Å². The van der Waals surface area contributed by atoms with Crippen molar-refractivity contribution in [3.63, 3.8) is 0 Å². The Kier molecular flexibility index (Phi) is 7.00. The second kappa shape index (κ2) is 9.91. The molecule has 1 aliphatic heterocycles. The number of thiazole rings is 1. The first kappa shape index (κ1) is 22.6. The summed E-state index contributed by atoms with van der Waals surface area (Å²) >= 11 is 7.72. The highest BCUT2D eigenvalue weighted by atomic mass is 35.5. The minimum Gasteiger partial charge on any atom is -0.379 e. The summed E-state index contributed by atoms with van der Waals surface area (Å²) in [6, 6.07) is 9.92. The van der Waals surface area contributed by atoms with Crippen molar-refractivity contribution < 1.29 is 14.5 Å². The van der Waals surface area contributed by atoms with Crippen LogP contribution in [-0.2, 0) is 11.2 Å². The average Bonchev–Trinajstić information content (AvgIpc) is 3.24. The van der Waals surface area contributed by atoms with E-state index in [1.54, 1.807) is 4.90 Å². The van der Waals surface area contributed by atoms with Crippen molar-refractivity contribution in [2.24, 2.45) is 0 Å². The van der Waals surface area contributed by atoms with E-state index in [-0.39, 0.29) is 16.3 Å². The monoisotopic (exact) mass is 474 g/mol. The Bertz CT molecular complexity index is 1150. The standard InChI is InChI=1S/C22H23ClN4O4S/c1-2-15-4-3-5-19-20(15)24-22(32-19)26(9-8-25-10-12-31-13-11-25)21(28)17-14-16(27(29)30)6-7-18(17)23/h3-7,14H,2,8-13H2,1H3. The van der Waals surface area contributed by atoms with E-state index in [2.05, 4.69) is 11.8 Å². The number of aromatic nitrogens is 1. The maximum Gasteiger partial charge on any atom is 0.270 e. The van der Waals surface area contributed by atoms with Gasteiger partial charge in [0.2, 0.25) is 0 Å². The molecule has 4 rings (SSSR count). The van der Waals surface area contributed by atoms with Crippen LogP contribution in [0.2, 0.25) is 5.02 Å². The molecule has 168 valence electrons. The van der Waals surface area contributed by atoms with E-state index in [0.29, 0.717) is 31.4 Å². The van der Waals surface area contributed by atoms with Crippen molar-refractivity contribution in [2.75, 3.05) is 44.3 Å². The lowest BCUT2D eigenvalue weighted by atomic mass is 10.1. The summed E-state index contributed by atoms with van der Waals surface area (Å²) in [5, 5.41) is 12.0. The SMILES string of the molecule is CCc1cccc2sc(N(CCN3CCOCC3)C(=O)c3cc([N+](=O)[O-])ccc3Cl)nc12. The molecule has 3 aromatic rings. The maximum atomic E-state index is 13.6. The molecule has 2 heterocycles. The van der Waals surface area contributed by atoms with Gasteiger partial charge in [-0.3, -0.25) is 24.7 Å². The Labute approximate surface area is 194 Å². The van der Waals surface area contributed by atoms with Crippen LogP contribution >= 0.6 is 22.9 Å². The number of nitro groups is 1. The van der Waals surface area contributed by atoms with Gasteiger partial charge in [-0.25, -0.2) is 4.98 Å². The van der Waals surface area contributed by atoms with Crippen molar-refractivity contribution in [3.05, 3.63) is 62.7 Å². The van der Waals surface area contributed by atoms with Crippen molar-refractivity contribution in [2.45, 2.75) is 13.3 Å². The van der Waals surface area contributed by atoms with Gasteiger partial charge in [0.05, 0.1) is 38.9 Å². The smallest absolute Gasteiger partial charge is 0.270 e. The molecule has 0 unspecified atom stereocenters. The summed E-state index contributed by atoms with van der Waals surface area (Å²) in [4.78, 5) is 32.9. The Hall–Kier alpha value is -2.59. The molecule has 0 aliphatic carbocycles. The normalized spacial score (nSPS) is 14.6. The quantitative estimate of drug-likeness (QED) is 0.372. The summed E-state index contributed by atoms with van der Waals surface area (Å²) < 4.78 is 6.41. The minimum absolute atomic E-state index is 0.0952. The lowest BCUT2D eigenvalue weighted by Crippen LogP contribution is -2.43. The minimum atomic E-state index is -0.531. The molecule has 0 N–H and O–H groups in total. The van der Waals surface area contributed by atoms with Crippen LogP contribution in [0.3, 0.4) is 0 Å². The molecule has 8 nitrogen and oxygen atoms in total. The average molecular weight is 475 g/mol. The molecule has 0 spiro atoms. The van der Waals surface area contributed by atoms with Gasteiger partial charge in [-0.05, 0) is 24.1 Å². The van der Waals surface area contributed by atoms with E-state index < -0.39 is 10.8 Å². The molecule has 1 aromatic heterocycles. The number of amides is 1. The maximum absolute atomic E-state index is 13.6. The largest absolute Gasteiger partial charge is 0.379 e. The summed E-state index contributed by atoms with van der Waals surface area (Å²) in [7, 11) is 0. The Morgan fingerprint density at radius 1 is 1.31 bits per heavy atom. The first-order valence-corrected chi connectivity index (χ1v) is 11.6. The van der Waals surface area contributed by atoms with Gasteiger partial charge in [-0.1, -0.05) is 42.0 Å². The summed E-state index contributed by atoms with van der Waals surface area (Å²) in [5.74, 6) is -0.399. The number of para-hydroxylation sites is 1. The van der Waals surface area contributed by atoms with Gasteiger partial charge in [0.25, 0.3) is 11.6 Å². The number of anilines is 1. The van der Waals surface area contributed by atoms with Crippen LogP contribution in [0.1, 0.15) is 22.8 Å². The zero-order chi connectivity index (χ0) is 22.7. The molecular weight excluding hydrogens is 452 g/mol. The van der Waals surface area contributed by atoms with E-state index >= 15 is 0 Å². The number of fused-ring (bicyclic) bond motifs is 1. The number of carbonyl (C=O) groups is 1. The number of halogens is 1. The number of rotatable bonds is 7. The van der Waals surface area contributed by atoms with Crippen LogP contribution in [0.15, 0.2) is 36.4 Å². The molecule has 0 bridgehead atoms. The highest BCUT2D eigenvalue weighted by molar-refractivity contribution is 7.22. The van der Waals surface area contributed by atoms with Crippen LogP contribution in [0.25, 0.3) is 10.2 Å². The van der Waals surface area contributed by atoms with E-state index in [4.69, 9.17) is 21.3 Å². The molecule has 1 aliphatic rings. The Balaban J connectivity index is 1.71. The summed E-state index contributed by atoms with van der Waals surface area (Å²) in [5.41, 5.74) is 1.91. The van der Waals surface area contributed by atoms with Crippen LogP contribution in [0, 0.1) is 10.1 Å². The van der Waals surface area contributed by atoms with Gasteiger partial charge in [0, 0.05) is 38.3 Å². The van der Waals surface area contributed by atoms with E-state index in [1.165, 1.54) is 29.5 Å². The molecule has 1 fully saturated rings. The highest BCUT2D eigenvalue weighted by Crippen LogP contribution is 2.33. The molecule has 1 saturated heterocycles. The predicted octanol–water partition coefficient (Wildman–Crippen LogP) is 4.40. The second-order valence-electron chi connectivity index (χ2n) is 7.45. The van der Waals surface area contributed by atoms with Crippen LogP contribution < -0.4 is 4.90 Å². The van der Waals surface area contributed by atoms with Crippen LogP contribution in [-0.4, -0.2) is 60.1 Å². The lowest BCUT2D eigenvalue weighted by Gasteiger charge is -2.29. The molecule has 0 radical (unpaired) electrons. The summed E-state index contributed by atoms with van der Waals surface area (Å²) in [6.07, 6.45) is 0.832. The van der Waals surface area contributed by atoms with Crippen LogP contribution in [0.4, 0.5) is 10.8 Å². The van der Waals surface area contributed by atoms with Crippen molar-refractivity contribution >= 4 is 49.9 Å². The van der Waals surface area contributed by atoms with E-state index in [1.807, 2.05) is 18.2 Å². The number of benzene rings is 2. The molecule has 32 heavy (non-hydrogen) atoms. The lowest BCUT2D eigenvalue weighted by molar-refractivity contribution is -0.384. The number of hydrogen-bond donors (Lipinski definition) is 0. The third-order valence-electron chi connectivity index (χ3n) is 5.48. The fourth-order valence-electron chi connectivity index (χ4n) is 3.68. The van der Waals surface area contributed by atoms with Gasteiger partial charge in [0.1, 0.15) is 0 Å². The van der Waals surface area contributed by atoms with E-state index in [9.17, 15) is 14.9 Å². The first-order chi connectivity index (χ1) is 15.5.